The Labute approximate surface area is 178 Å². The van der Waals surface area contributed by atoms with Crippen molar-refractivity contribution < 1.29 is 22.5 Å². The standard InChI is InChI=1S/C21H18FN3O5S/c1-14-18(10-6-12-19(14)25(27)28)23-21(26)15-7-5-8-16(13-15)31(29,30)24(2)20-11-4-3-9-17(20)22/h3-13H,1-2H3,(H,23,26). The Hall–Kier alpha value is -3.79. The predicted octanol–water partition coefficient (Wildman–Crippen LogP) is 4.12. The zero-order valence-electron chi connectivity index (χ0n) is 16.6. The van der Waals surface area contributed by atoms with E-state index in [1.807, 2.05) is 0 Å². The van der Waals surface area contributed by atoms with Gasteiger partial charge in [-0.05, 0) is 43.3 Å². The minimum absolute atomic E-state index is 0.0221. The van der Waals surface area contributed by atoms with Gasteiger partial charge in [0.15, 0.2) is 0 Å². The molecule has 0 saturated carbocycles. The van der Waals surface area contributed by atoms with Crippen LogP contribution < -0.4 is 9.62 Å². The number of halogens is 1. The largest absolute Gasteiger partial charge is 0.321 e. The Balaban J connectivity index is 1.91. The van der Waals surface area contributed by atoms with Gasteiger partial charge in [0, 0.05) is 18.7 Å². The molecule has 0 spiro atoms. The number of hydrogen-bond donors (Lipinski definition) is 1. The molecule has 8 nitrogen and oxygen atoms in total. The summed E-state index contributed by atoms with van der Waals surface area (Å²) >= 11 is 0. The molecule has 3 rings (SSSR count). The topological polar surface area (TPSA) is 110 Å². The summed E-state index contributed by atoms with van der Waals surface area (Å²) in [6.45, 7) is 1.50. The summed E-state index contributed by atoms with van der Waals surface area (Å²) in [5.74, 6) is -1.35. The van der Waals surface area contributed by atoms with E-state index >= 15 is 0 Å². The summed E-state index contributed by atoms with van der Waals surface area (Å²) in [6.07, 6.45) is 0. The first-order chi connectivity index (χ1) is 14.6. The van der Waals surface area contributed by atoms with Crippen LogP contribution in [-0.4, -0.2) is 26.3 Å². The van der Waals surface area contributed by atoms with Crippen molar-refractivity contribution in [3.05, 3.63) is 93.8 Å². The average Bonchev–Trinajstić information content (AvgIpc) is 2.75. The maximum absolute atomic E-state index is 14.0. The number of nitrogens with zero attached hydrogens (tertiary/aromatic N) is 2. The highest BCUT2D eigenvalue weighted by molar-refractivity contribution is 7.92. The summed E-state index contributed by atoms with van der Waals surface area (Å²) in [7, 11) is -2.93. The molecule has 0 atom stereocenters. The van der Waals surface area contributed by atoms with Crippen LogP contribution in [0.25, 0.3) is 0 Å². The smallest absolute Gasteiger partial charge is 0.274 e. The third kappa shape index (κ3) is 4.38. The van der Waals surface area contributed by atoms with Gasteiger partial charge >= 0.3 is 0 Å². The summed E-state index contributed by atoms with van der Waals surface area (Å²) in [6, 6.07) is 14.9. The van der Waals surface area contributed by atoms with Crippen molar-refractivity contribution in [1.82, 2.24) is 0 Å². The fourth-order valence-corrected chi connectivity index (χ4v) is 4.19. The van der Waals surface area contributed by atoms with Crippen molar-refractivity contribution in [3.8, 4) is 0 Å². The van der Waals surface area contributed by atoms with Crippen LogP contribution in [0.4, 0.5) is 21.5 Å². The number of nitrogens with one attached hydrogen (secondary N) is 1. The molecule has 0 fully saturated rings. The van der Waals surface area contributed by atoms with Crippen LogP contribution in [0.2, 0.25) is 0 Å². The first kappa shape index (κ1) is 21.9. The number of sulfonamides is 1. The Bertz CT molecular complexity index is 1280. The zero-order chi connectivity index (χ0) is 22.8. The van der Waals surface area contributed by atoms with Gasteiger partial charge in [-0.3, -0.25) is 19.2 Å². The van der Waals surface area contributed by atoms with Gasteiger partial charge in [-0.25, -0.2) is 12.8 Å². The van der Waals surface area contributed by atoms with Crippen molar-refractivity contribution in [2.24, 2.45) is 0 Å². The average molecular weight is 443 g/mol. The molecule has 31 heavy (non-hydrogen) atoms. The molecule has 0 aliphatic heterocycles. The Morgan fingerprint density at radius 1 is 1.06 bits per heavy atom. The predicted molar refractivity (Wildman–Crippen MR) is 114 cm³/mol. The molecule has 0 radical (unpaired) electrons. The van der Waals surface area contributed by atoms with E-state index in [0.29, 0.717) is 0 Å². The van der Waals surface area contributed by atoms with Crippen molar-refractivity contribution in [2.45, 2.75) is 11.8 Å². The highest BCUT2D eigenvalue weighted by Crippen LogP contribution is 2.27. The molecule has 1 amide bonds. The summed E-state index contributed by atoms with van der Waals surface area (Å²) in [5.41, 5.74) is 0.235. The third-order valence-corrected chi connectivity index (χ3v) is 6.46. The number of amides is 1. The SMILES string of the molecule is Cc1c(NC(=O)c2cccc(S(=O)(=O)N(C)c3ccccc3F)c2)cccc1[N+](=O)[O-]. The second-order valence-electron chi connectivity index (χ2n) is 6.61. The minimum Gasteiger partial charge on any atom is -0.321 e. The fraction of sp³-hybridized carbons (Fsp3) is 0.0952. The number of nitro groups is 1. The number of para-hydroxylation sites is 1. The molecule has 0 saturated heterocycles. The van der Waals surface area contributed by atoms with Gasteiger partial charge in [-0.1, -0.05) is 24.3 Å². The van der Waals surface area contributed by atoms with Crippen LogP contribution in [0.1, 0.15) is 15.9 Å². The van der Waals surface area contributed by atoms with Crippen molar-refractivity contribution >= 4 is 33.0 Å². The van der Waals surface area contributed by atoms with E-state index in [1.54, 1.807) is 0 Å². The number of benzene rings is 3. The van der Waals surface area contributed by atoms with Crippen molar-refractivity contribution in [3.63, 3.8) is 0 Å². The normalized spacial score (nSPS) is 11.1. The van der Waals surface area contributed by atoms with Gasteiger partial charge < -0.3 is 5.32 Å². The van der Waals surface area contributed by atoms with Crippen molar-refractivity contribution in [2.75, 3.05) is 16.7 Å². The van der Waals surface area contributed by atoms with Gasteiger partial charge in [0.05, 0.1) is 26.8 Å². The molecule has 3 aromatic rings. The Kier molecular flexibility index (Phi) is 6.02. The quantitative estimate of drug-likeness (QED) is 0.455. The van der Waals surface area contributed by atoms with E-state index in [0.717, 1.165) is 16.4 Å². The van der Waals surface area contributed by atoms with Gasteiger partial charge in [0.2, 0.25) is 0 Å². The van der Waals surface area contributed by atoms with Crippen LogP contribution in [0, 0.1) is 22.9 Å². The lowest BCUT2D eigenvalue weighted by atomic mass is 10.1. The second-order valence-corrected chi connectivity index (χ2v) is 8.58. The molecule has 0 aromatic heterocycles. The number of carbonyl (C=O) groups excluding carboxylic acids is 1. The van der Waals surface area contributed by atoms with Gasteiger partial charge in [-0.15, -0.1) is 0 Å². The lowest BCUT2D eigenvalue weighted by molar-refractivity contribution is -0.385. The summed E-state index contributed by atoms with van der Waals surface area (Å²) < 4.78 is 40.7. The van der Waals surface area contributed by atoms with E-state index in [1.165, 1.54) is 68.6 Å². The monoisotopic (exact) mass is 443 g/mol. The molecule has 0 heterocycles. The molecule has 160 valence electrons. The van der Waals surface area contributed by atoms with Crippen LogP contribution in [0.5, 0.6) is 0 Å². The lowest BCUT2D eigenvalue weighted by Gasteiger charge is -2.20. The third-order valence-electron chi connectivity index (χ3n) is 4.70. The fourth-order valence-electron chi connectivity index (χ4n) is 2.94. The first-order valence-corrected chi connectivity index (χ1v) is 10.5. The molecule has 0 bridgehead atoms. The van der Waals surface area contributed by atoms with Gasteiger partial charge in [0.1, 0.15) is 5.82 Å². The molecule has 10 heteroatoms. The maximum atomic E-state index is 14.0. The van der Waals surface area contributed by atoms with E-state index in [9.17, 15) is 27.7 Å². The number of carbonyl (C=O) groups is 1. The highest BCUT2D eigenvalue weighted by Gasteiger charge is 2.24. The van der Waals surface area contributed by atoms with Gasteiger partial charge in [0.25, 0.3) is 21.6 Å². The molecular formula is C21H18FN3O5S. The lowest BCUT2D eigenvalue weighted by Crippen LogP contribution is -2.27. The van der Waals surface area contributed by atoms with E-state index in [4.69, 9.17) is 0 Å². The molecule has 0 unspecified atom stereocenters. The minimum atomic E-state index is -4.15. The van der Waals surface area contributed by atoms with Crippen molar-refractivity contribution in [1.29, 1.82) is 0 Å². The second kappa shape index (κ2) is 8.52. The molecule has 0 aliphatic carbocycles. The number of nitro benzene ring substituents is 1. The Morgan fingerprint density at radius 3 is 2.42 bits per heavy atom. The molecule has 1 N–H and O–H groups in total. The molecule has 3 aromatic carbocycles. The highest BCUT2D eigenvalue weighted by atomic mass is 32.2. The van der Waals surface area contributed by atoms with Crippen LogP contribution in [0.3, 0.4) is 0 Å². The number of rotatable bonds is 6. The van der Waals surface area contributed by atoms with Crippen LogP contribution in [-0.2, 0) is 10.0 Å². The molecule has 0 aliphatic rings. The maximum Gasteiger partial charge on any atom is 0.274 e. The zero-order valence-corrected chi connectivity index (χ0v) is 17.4. The van der Waals surface area contributed by atoms with Crippen LogP contribution in [0.15, 0.2) is 71.6 Å². The van der Waals surface area contributed by atoms with E-state index < -0.39 is 26.7 Å². The molecular weight excluding hydrogens is 425 g/mol. The van der Waals surface area contributed by atoms with Gasteiger partial charge in [-0.2, -0.15) is 0 Å². The van der Waals surface area contributed by atoms with Crippen LogP contribution >= 0.6 is 0 Å². The Morgan fingerprint density at radius 2 is 1.74 bits per heavy atom. The summed E-state index contributed by atoms with van der Waals surface area (Å²) in [5, 5.41) is 13.6. The van der Waals surface area contributed by atoms with E-state index in [2.05, 4.69) is 5.32 Å². The number of hydrogen-bond acceptors (Lipinski definition) is 5. The first-order valence-electron chi connectivity index (χ1n) is 9.02. The van der Waals surface area contributed by atoms with E-state index in [-0.39, 0.29) is 33.1 Å². The summed E-state index contributed by atoms with van der Waals surface area (Å²) in [4.78, 5) is 23.0. The number of anilines is 2.